The number of aryl methyl sites for hydroxylation is 2. The number of carbonyl (C=O) groups excluding carboxylic acids is 1. The van der Waals surface area contributed by atoms with E-state index in [1.54, 1.807) is 0 Å². The summed E-state index contributed by atoms with van der Waals surface area (Å²) in [6, 6.07) is 0. The summed E-state index contributed by atoms with van der Waals surface area (Å²) in [5.41, 5.74) is 6.36. The fourth-order valence-electron chi connectivity index (χ4n) is 2.74. The highest BCUT2D eigenvalue weighted by atomic mass is 16.4. The van der Waals surface area contributed by atoms with Crippen LogP contribution in [0, 0.1) is 19.8 Å². The van der Waals surface area contributed by atoms with E-state index in [0.717, 1.165) is 37.1 Å². The Balaban J connectivity index is 1.93. The summed E-state index contributed by atoms with van der Waals surface area (Å²) >= 11 is 0. The summed E-state index contributed by atoms with van der Waals surface area (Å²) in [7, 11) is 0. The highest BCUT2D eigenvalue weighted by molar-refractivity contribution is 5.86. The molecule has 2 unspecified atom stereocenters. The van der Waals surface area contributed by atoms with Gasteiger partial charge >= 0.3 is 0 Å². The number of hydrogen-bond donors (Lipinski definition) is 2. The molecular weight excluding hydrogens is 242 g/mol. The lowest BCUT2D eigenvalue weighted by molar-refractivity contribution is -0.128. The van der Waals surface area contributed by atoms with Crippen LogP contribution in [0.15, 0.2) is 4.42 Å². The van der Waals surface area contributed by atoms with Crippen LogP contribution in [-0.2, 0) is 11.3 Å². The smallest absolute Gasteiger partial charge is 0.240 e. The third-order valence-corrected chi connectivity index (χ3v) is 3.96. The summed E-state index contributed by atoms with van der Waals surface area (Å²) in [6.45, 7) is 6.20. The maximum atomic E-state index is 12.2. The number of nitrogens with one attached hydrogen (secondary N) is 1. The van der Waals surface area contributed by atoms with Gasteiger partial charge in [0.05, 0.1) is 17.8 Å². The first-order valence-electron chi connectivity index (χ1n) is 6.91. The Bertz CT molecular complexity index is 450. The average molecular weight is 265 g/mol. The molecule has 2 rings (SSSR count). The highest BCUT2D eigenvalue weighted by Crippen LogP contribution is 2.30. The number of nitrogens with zero attached hydrogens (tertiary/aromatic N) is 1. The van der Waals surface area contributed by atoms with Crippen molar-refractivity contribution in [3.8, 4) is 0 Å². The van der Waals surface area contributed by atoms with Crippen molar-refractivity contribution in [2.24, 2.45) is 11.7 Å². The van der Waals surface area contributed by atoms with Gasteiger partial charge in [0, 0.05) is 0 Å². The largest absolute Gasteiger partial charge is 0.444 e. The Hall–Kier alpha value is -1.36. The molecule has 1 aromatic rings. The van der Waals surface area contributed by atoms with Gasteiger partial charge in [0.25, 0.3) is 0 Å². The second kappa shape index (κ2) is 5.33. The van der Waals surface area contributed by atoms with E-state index in [4.69, 9.17) is 10.2 Å². The molecule has 0 aliphatic heterocycles. The zero-order valence-electron chi connectivity index (χ0n) is 12.0. The van der Waals surface area contributed by atoms with Crippen molar-refractivity contribution in [2.75, 3.05) is 0 Å². The van der Waals surface area contributed by atoms with Gasteiger partial charge in [-0.1, -0.05) is 19.8 Å². The minimum atomic E-state index is -0.728. The maximum Gasteiger partial charge on any atom is 0.240 e. The van der Waals surface area contributed by atoms with Crippen LogP contribution in [-0.4, -0.2) is 16.4 Å². The maximum absolute atomic E-state index is 12.2. The third kappa shape index (κ3) is 3.15. The Morgan fingerprint density at radius 2 is 2.32 bits per heavy atom. The zero-order chi connectivity index (χ0) is 14.0. The van der Waals surface area contributed by atoms with Crippen LogP contribution in [0.2, 0.25) is 0 Å². The molecule has 2 atom stereocenters. The van der Waals surface area contributed by atoms with Crippen molar-refractivity contribution in [3.63, 3.8) is 0 Å². The van der Waals surface area contributed by atoms with Crippen LogP contribution >= 0.6 is 0 Å². The van der Waals surface area contributed by atoms with Crippen LogP contribution in [0.5, 0.6) is 0 Å². The highest BCUT2D eigenvalue weighted by Gasteiger charge is 2.37. The monoisotopic (exact) mass is 265 g/mol. The number of aromatic nitrogens is 1. The SMILES string of the molecule is Cc1nc(CNC(=O)C2(N)CCCC(C)C2)oc1C. The van der Waals surface area contributed by atoms with Crippen LogP contribution in [0.1, 0.15) is 50.0 Å². The minimum Gasteiger partial charge on any atom is -0.444 e. The molecular formula is C14H23N3O2. The van der Waals surface area contributed by atoms with E-state index >= 15 is 0 Å². The second-order valence-corrected chi connectivity index (χ2v) is 5.79. The number of carbonyl (C=O) groups is 1. The van der Waals surface area contributed by atoms with Crippen molar-refractivity contribution in [2.45, 2.75) is 58.5 Å². The molecule has 1 aliphatic carbocycles. The molecule has 1 heterocycles. The molecule has 0 radical (unpaired) electrons. The van der Waals surface area contributed by atoms with Gasteiger partial charge in [-0.3, -0.25) is 4.79 Å². The molecule has 1 aliphatic rings. The lowest BCUT2D eigenvalue weighted by atomic mass is 9.76. The van der Waals surface area contributed by atoms with E-state index in [-0.39, 0.29) is 5.91 Å². The summed E-state index contributed by atoms with van der Waals surface area (Å²) in [6.07, 6.45) is 3.68. The predicted molar refractivity (Wildman–Crippen MR) is 72.4 cm³/mol. The van der Waals surface area contributed by atoms with Crippen molar-refractivity contribution >= 4 is 5.91 Å². The zero-order valence-corrected chi connectivity index (χ0v) is 12.0. The van der Waals surface area contributed by atoms with Gasteiger partial charge in [0.1, 0.15) is 5.76 Å². The van der Waals surface area contributed by atoms with E-state index in [2.05, 4.69) is 17.2 Å². The summed E-state index contributed by atoms with van der Waals surface area (Å²) in [5, 5.41) is 2.85. The minimum absolute atomic E-state index is 0.0902. The van der Waals surface area contributed by atoms with Crippen molar-refractivity contribution in [1.82, 2.24) is 10.3 Å². The van der Waals surface area contributed by atoms with Gasteiger partial charge in [-0.15, -0.1) is 0 Å². The third-order valence-electron chi connectivity index (χ3n) is 3.96. The van der Waals surface area contributed by atoms with Crippen LogP contribution < -0.4 is 11.1 Å². The number of hydrogen-bond acceptors (Lipinski definition) is 4. The van der Waals surface area contributed by atoms with Crippen molar-refractivity contribution in [3.05, 3.63) is 17.3 Å². The fraction of sp³-hybridized carbons (Fsp3) is 0.714. The Morgan fingerprint density at radius 1 is 1.58 bits per heavy atom. The molecule has 0 aromatic carbocycles. The number of nitrogens with two attached hydrogens (primary N) is 1. The molecule has 0 saturated heterocycles. The molecule has 5 heteroatoms. The van der Waals surface area contributed by atoms with E-state index in [9.17, 15) is 4.79 Å². The molecule has 106 valence electrons. The van der Waals surface area contributed by atoms with Crippen molar-refractivity contribution in [1.29, 1.82) is 0 Å². The summed E-state index contributed by atoms with van der Waals surface area (Å²) < 4.78 is 5.44. The Morgan fingerprint density at radius 3 is 2.89 bits per heavy atom. The molecule has 0 spiro atoms. The van der Waals surface area contributed by atoms with Gasteiger partial charge < -0.3 is 15.5 Å². The van der Waals surface area contributed by atoms with Gasteiger partial charge in [0.15, 0.2) is 0 Å². The predicted octanol–water partition coefficient (Wildman–Crippen LogP) is 1.82. The molecule has 1 aromatic heterocycles. The Labute approximate surface area is 114 Å². The number of oxazole rings is 1. The van der Waals surface area contributed by atoms with E-state index in [1.165, 1.54) is 0 Å². The second-order valence-electron chi connectivity index (χ2n) is 5.79. The van der Waals surface area contributed by atoms with Crippen LogP contribution in [0.3, 0.4) is 0 Å². The standard InChI is InChI=1S/C14H23N3O2/c1-9-5-4-6-14(15,7-9)13(18)16-8-12-17-10(2)11(3)19-12/h9H,4-8,15H2,1-3H3,(H,16,18). The first kappa shape index (κ1) is 14.1. The van der Waals surface area contributed by atoms with E-state index in [1.807, 2.05) is 13.8 Å². The van der Waals surface area contributed by atoms with Crippen LogP contribution in [0.4, 0.5) is 0 Å². The molecule has 5 nitrogen and oxygen atoms in total. The topological polar surface area (TPSA) is 81.2 Å². The van der Waals surface area contributed by atoms with E-state index < -0.39 is 5.54 Å². The summed E-state index contributed by atoms with van der Waals surface area (Å²) in [4.78, 5) is 16.5. The molecule has 1 fully saturated rings. The molecule has 3 N–H and O–H groups in total. The number of amides is 1. The van der Waals surface area contributed by atoms with Crippen molar-refractivity contribution < 1.29 is 9.21 Å². The first-order valence-corrected chi connectivity index (χ1v) is 6.91. The lowest BCUT2D eigenvalue weighted by Crippen LogP contribution is -2.56. The Kier molecular flexibility index (Phi) is 3.94. The van der Waals surface area contributed by atoms with Crippen LogP contribution in [0.25, 0.3) is 0 Å². The van der Waals surface area contributed by atoms with Gasteiger partial charge in [-0.2, -0.15) is 0 Å². The summed E-state index contributed by atoms with van der Waals surface area (Å²) in [5.74, 6) is 1.75. The van der Waals surface area contributed by atoms with Gasteiger partial charge in [0.2, 0.25) is 11.8 Å². The quantitative estimate of drug-likeness (QED) is 0.873. The molecule has 1 saturated carbocycles. The normalized spacial score (nSPS) is 27.3. The van der Waals surface area contributed by atoms with E-state index in [0.29, 0.717) is 18.4 Å². The number of rotatable bonds is 3. The molecule has 0 bridgehead atoms. The first-order chi connectivity index (χ1) is 8.90. The molecule has 1 amide bonds. The van der Waals surface area contributed by atoms with Gasteiger partial charge in [-0.25, -0.2) is 4.98 Å². The van der Waals surface area contributed by atoms with Gasteiger partial charge in [-0.05, 0) is 32.6 Å². The molecule has 19 heavy (non-hydrogen) atoms. The fourth-order valence-corrected chi connectivity index (χ4v) is 2.74. The lowest BCUT2D eigenvalue weighted by Gasteiger charge is -2.35. The average Bonchev–Trinajstić information content (AvgIpc) is 2.65.